The summed E-state index contributed by atoms with van der Waals surface area (Å²) in [4.78, 5) is -1.20. The summed E-state index contributed by atoms with van der Waals surface area (Å²) >= 11 is 2.64. The van der Waals surface area contributed by atoms with Gasteiger partial charge in [-0.25, -0.2) is 0 Å². The Labute approximate surface area is 81.0 Å². The number of halogens is 6. The maximum Gasteiger partial charge on any atom is 0.289 e. The lowest BCUT2D eigenvalue weighted by atomic mass is 10.1. The van der Waals surface area contributed by atoms with Gasteiger partial charge in [0.25, 0.3) is 10.2 Å². The number of alkyl halides is 1. The summed E-state index contributed by atoms with van der Waals surface area (Å²) < 4.78 is 61.4. The van der Waals surface area contributed by atoms with E-state index in [0.717, 1.165) is 6.08 Å². The van der Waals surface area contributed by atoms with Gasteiger partial charge < -0.3 is 0 Å². The zero-order chi connectivity index (χ0) is 10.4. The van der Waals surface area contributed by atoms with Crippen LogP contribution in [0.25, 0.3) is 0 Å². The van der Waals surface area contributed by atoms with Gasteiger partial charge in [0.15, 0.2) is 0 Å². The molecule has 13 heavy (non-hydrogen) atoms. The third kappa shape index (κ3) is 2.83. The van der Waals surface area contributed by atoms with Crippen molar-refractivity contribution in [3.05, 3.63) is 12.2 Å². The molecule has 0 aromatic carbocycles. The van der Waals surface area contributed by atoms with Gasteiger partial charge in [-0.3, -0.25) is 0 Å². The fourth-order valence-electron chi connectivity index (χ4n) is 1.22. The first-order chi connectivity index (χ1) is 5.50. The molecule has 0 spiro atoms. The van der Waals surface area contributed by atoms with Crippen LogP contribution in [0.3, 0.4) is 0 Å². The van der Waals surface area contributed by atoms with Gasteiger partial charge in [0, 0.05) is 4.83 Å². The van der Waals surface area contributed by atoms with Crippen LogP contribution in [-0.2, 0) is 0 Å². The summed E-state index contributed by atoms with van der Waals surface area (Å²) in [5.41, 5.74) is 0. The fraction of sp³-hybridized carbons (Fsp3) is 0.667. The van der Waals surface area contributed by atoms with E-state index in [2.05, 4.69) is 15.9 Å². The van der Waals surface area contributed by atoms with Crippen molar-refractivity contribution < 1.29 is 19.4 Å². The smallest absolute Gasteiger partial charge is 0.0975 e. The van der Waals surface area contributed by atoms with Crippen LogP contribution >= 0.6 is 26.2 Å². The highest BCUT2D eigenvalue weighted by Gasteiger charge is 2.71. The SMILES string of the molecule is FS(F)(F)(F)(F)C1CC=CCC1Br. The van der Waals surface area contributed by atoms with Crippen LogP contribution in [0.1, 0.15) is 12.8 Å². The summed E-state index contributed by atoms with van der Waals surface area (Å²) in [5.74, 6) is 0. The molecule has 7 heteroatoms. The van der Waals surface area contributed by atoms with Crippen molar-refractivity contribution in [2.45, 2.75) is 22.9 Å². The van der Waals surface area contributed by atoms with E-state index in [-0.39, 0.29) is 6.42 Å². The largest absolute Gasteiger partial charge is 0.289 e. The minimum absolute atomic E-state index is 0.00370. The molecule has 0 saturated heterocycles. The predicted molar refractivity (Wildman–Crippen MR) is 48.0 cm³/mol. The lowest BCUT2D eigenvalue weighted by Crippen LogP contribution is -2.34. The number of rotatable bonds is 1. The molecule has 80 valence electrons. The predicted octanol–water partition coefficient (Wildman–Crippen LogP) is 4.77. The van der Waals surface area contributed by atoms with Gasteiger partial charge in [-0.15, -0.1) is 0 Å². The van der Waals surface area contributed by atoms with Gasteiger partial charge in [0.1, 0.15) is 5.25 Å². The first kappa shape index (κ1) is 11.3. The molecular weight excluding hydrogens is 279 g/mol. The minimum atomic E-state index is -9.32. The van der Waals surface area contributed by atoms with Crippen molar-refractivity contribution in [2.75, 3.05) is 0 Å². The molecule has 0 nitrogen and oxygen atoms in total. The van der Waals surface area contributed by atoms with E-state index in [1.807, 2.05) is 0 Å². The Bertz CT molecular complexity index is 241. The van der Waals surface area contributed by atoms with E-state index >= 15 is 0 Å². The molecule has 2 unspecified atom stereocenters. The minimum Gasteiger partial charge on any atom is -0.0975 e. The topological polar surface area (TPSA) is 0 Å². The maximum absolute atomic E-state index is 12.3. The van der Waals surface area contributed by atoms with Crippen LogP contribution in [0.2, 0.25) is 0 Å². The van der Waals surface area contributed by atoms with Crippen LogP contribution in [0, 0.1) is 0 Å². The van der Waals surface area contributed by atoms with Crippen molar-refractivity contribution in [2.24, 2.45) is 0 Å². The first-order valence-electron chi connectivity index (χ1n) is 3.53. The fourth-order valence-corrected chi connectivity index (χ4v) is 4.02. The van der Waals surface area contributed by atoms with Crippen LogP contribution in [0.15, 0.2) is 12.2 Å². The van der Waals surface area contributed by atoms with E-state index < -0.39 is 26.7 Å². The summed E-state index contributed by atoms with van der Waals surface area (Å²) in [6.45, 7) is 0. The zero-order valence-corrected chi connectivity index (χ0v) is 8.80. The summed E-state index contributed by atoms with van der Waals surface area (Å²) in [5, 5.41) is -2.52. The second-order valence-electron chi connectivity index (χ2n) is 3.03. The molecule has 0 aliphatic heterocycles. The molecule has 0 amide bonds. The summed E-state index contributed by atoms with van der Waals surface area (Å²) in [6, 6.07) is 0. The van der Waals surface area contributed by atoms with Gasteiger partial charge in [0.05, 0.1) is 0 Å². The Hall–Kier alpha value is 0.220. The van der Waals surface area contributed by atoms with Gasteiger partial charge in [0.2, 0.25) is 0 Å². The van der Waals surface area contributed by atoms with E-state index in [4.69, 9.17) is 0 Å². The van der Waals surface area contributed by atoms with Crippen LogP contribution in [-0.4, -0.2) is 10.1 Å². The molecule has 1 aliphatic rings. The van der Waals surface area contributed by atoms with Crippen molar-refractivity contribution in [1.82, 2.24) is 0 Å². The molecular formula is C6H8BrF5S. The lowest BCUT2D eigenvalue weighted by molar-refractivity contribution is 0.337. The van der Waals surface area contributed by atoms with Gasteiger partial charge in [-0.1, -0.05) is 47.5 Å². The Kier molecular flexibility index (Phi) is 2.10. The van der Waals surface area contributed by atoms with Gasteiger partial charge in [-0.2, -0.15) is 0 Å². The number of allylic oxidation sites excluding steroid dienone is 2. The molecule has 2 atom stereocenters. The van der Waals surface area contributed by atoms with Crippen molar-refractivity contribution in [3.63, 3.8) is 0 Å². The van der Waals surface area contributed by atoms with E-state index in [0.29, 0.717) is 0 Å². The molecule has 0 aromatic rings. The number of hydrogen-bond acceptors (Lipinski definition) is 0. The van der Waals surface area contributed by atoms with Crippen molar-refractivity contribution in [1.29, 1.82) is 0 Å². The Morgan fingerprint density at radius 2 is 1.46 bits per heavy atom. The quantitative estimate of drug-likeness (QED) is 0.370. The average Bonchev–Trinajstić information content (AvgIpc) is 1.82. The van der Waals surface area contributed by atoms with Crippen molar-refractivity contribution >= 4 is 26.2 Å². The van der Waals surface area contributed by atoms with Crippen LogP contribution in [0.4, 0.5) is 19.4 Å². The first-order valence-corrected chi connectivity index (χ1v) is 6.46. The molecule has 0 heterocycles. The van der Waals surface area contributed by atoms with E-state index in [1.165, 1.54) is 6.08 Å². The monoisotopic (exact) mass is 286 g/mol. The molecule has 0 N–H and O–H groups in total. The second kappa shape index (κ2) is 2.42. The maximum atomic E-state index is 12.3. The number of hydrogen-bond donors (Lipinski definition) is 0. The highest BCUT2D eigenvalue weighted by Crippen LogP contribution is 3.01. The van der Waals surface area contributed by atoms with Crippen LogP contribution < -0.4 is 0 Å². The molecule has 0 fully saturated rings. The standard InChI is InChI=1S/C6H8BrF5S/c7-5-3-1-2-4-6(5)13(8,9,10,11)12/h1-2,5-6H,3-4H2. The van der Waals surface area contributed by atoms with Crippen LogP contribution in [0.5, 0.6) is 0 Å². The molecule has 1 aliphatic carbocycles. The second-order valence-corrected chi connectivity index (χ2v) is 6.86. The third-order valence-electron chi connectivity index (χ3n) is 1.87. The molecule has 0 bridgehead atoms. The average molecular weight is 287 g/mol. The molecule has 0 aromatic heterocycles. The van der Waals surface area contributed by atoms with E-state index in [9.17, 15) is 19.4 Å². The Morgan fingerprint density at radius 3 is 1.77 bits per heavy atom. The van der Waals surface area contributed by atoms with Gasteiger partial charge >= 0.3 is 0 Å². The zero-order valence-electron chi connectivity index (χ0n) is 6.40. The van der Waals surface area contributed by atoms with E-state index in [1.54, 1.807) is 0 Å². The molecule has 0 saturated carbocycles. The molecule has 0 radical (unpaired) electrons. The lowest BCUT2D eigenvalue weighted by Gasteiger charge is -2.49. The Balaban J connectivity index is 3.03. The summed E-state index contributed by atoms with van der Waals surface area (Å²) in [6.07, 6.45) is 1.99. The molecule has 1 rings (SSSR count). The van der Waals surface area contributed by atoms with Gasteiger partial charge in [-0.05, 0) is 12.8 Å². The normalized spacial score (nSPS) is 35.2. The highest BCUT2D eigenvalue weighted by molar-refractivity contribution is 9.09. The highest BCUT2D eigenvalue weighted by atomic mass is 79.9. The summed E-state index contributed by atoms with van der Waals surface area (Å²) in [7, 11) is -9.32. The van der Waals surface area contributed by atoms with Crippen molar-refractivity contribution in [3.8, 4) is 0 Å². The Morgan fingerprint density at radius 1 is 1.00 bits per heavy atom. The third-order valence-corrected chi connectivity index (χ3v) is 4.90.